The normalized spacial score (nSPS) is 12.8. The molecule has 3 aromatic carbocycles. The van der Waals surface area contributed by atoms with Gasteiger partial charge in [0.1, 0.15) is 29.3 Å². The highest BCUT2D eigenvalue weighted by Crippen LogP contribution is 2.46. The minimum Gasteiger partial charge on any atom is -0.489 e. The SMILES string of the molecule is COC(=O)c1cc(C#Cc2ccc(OCc3c(-c4c(Cl)cccc4Cl)noc3C3CC3)cc2Cl)cc2oc(C(C)C)nc12. The van der Waals surface area contributed by atoms with Crippen LogP contribution in [0.4, 0.5) is 0 Å². The molecule has 0 radical (unpaired) electrons. The van der Waals surface area contributed by atoms with E-state index in [2.05, 4.69) is 22.0 Å². The van der Waals surface area contributed by atoms with Crippen molar-refractivity contribution in [2.45, 2.75) is 45.1 Å². The number of aromatic nitrogens is 2. The summed E-state index contributed by atoms with van der Waals surface area (Å²) in [6.45, 7) is 4.12. The molecule has 1 aliphatic rings. The van der Waals surface area contributed by atoms with Crippen LogP contribution in [0, 0.1) is 11.8 Å². The number of rotatable bonds is 7. The maximum absolute atomic E-state index is 12.5. The number of carbonyl (C=O) groups excluding carboxylic acids is 1. The number of methoxy groups -OCH3 is 1. The van der Waals surface area contributed by atoms with E-state index in [1.807, 2.05) is 13.8 Å². The number of benzene rings is 3. The van der Waals surface area contributed by atoms with Gasteiger partial charge in [-0.2, -0.15) is 0 Å². The van der Waals surface area contributed by atoms with E-state index in [4.69, 9.17) is 53.2 Å². The van der Waals surface area contributed by atoms with Gasteiger partial charge in [-0.25, -0.2) is 9.78 Å². The van der Waals surface area contributed by atoms with Crippen LogP contribution in [0.2, 0.25) is 15.1 Å². The summed E-state index contributed by atoms with van der Waals surface area (Å²) in [6, 6.07) is 14.0. The van der Waals surface area contributed by atoms with Crippen molar-refractivity contribution in [1.29, 1.82) is 0 Å². The summed E-state index contributed by atoms with van der Waals surface area (Å²) in [5, 5.41) is 5.68. The molecule has 0 amide bonds. The van der Waals surface area contributed by atoms with Gasteiger partial charge in [-0.05, 0) is 49.2 Å². The molecule has 0 spiro atoms. The van der Waals surface area contributed by atoms with E-state index in [9.17, 15) is 4.79 Å². The van der Waals surface area contributed by atoms with Gasteiger partial charge < -0.3 is 18.4 Å². The van der Waals surface area contributed by atoms with Gasteiger partial charge in [0.25, 0.3) is 0 Å². The van der Waals surface area contributed by atoms with Crippen molar-refractivity contribution in [1.82, 2.24) is 10.1 Å². The Bertz CT molecular complexity index is 1910. The molecule has 43 heavy (non-hydrogen) atoms. The van der Waals surface area contributed by atoms with E-state index in [0.717, 1.165) is 24.2 Å². The van der Waals surface area contributed by atoms with Crippen LogP contribution in [-0.4, -0.2) is 23.2 Å². The zero-order valence-electron chi connectivity index (χ0n) is 23.5. The molecule has 1 aliphatic carbocycles. The second-order valence-corrected chi connectivity index (χ2v) is 11.7. The van der Waals surface area contributed by atoms with E-state index < -0.39 is 5.97 Å². The summed E-state index contributed by atoms with van der Waals surface area (Å²) in [4.78, 5) is 16.9. The Morgan fingerprint density at radius 3 is 2.49 bits per heavy atom. The Morgan fingerprint density at radius 2 is 1.81 bits per heavy atom. The predicted molar refractivity (Wildman–Crippen MR) is 165 cm³/mol. The van der Waals surface area contributed by atoms with E-state index in [1.54, 1.807) is 48.5 Å². The number of carbonyl (C=O) groups is 1. The van der Waals surface area contributed by atoms with E-state index >= 15 is 0 Å². The lowest BCUT2D eigenvalue weighted by Crippen LogP contribution is -2.03. The molecular formula is C33H25Cl3N2O5. The zero-order valence-corrected chi connectivity index (χ0v) is 25.7. The molecule has 0 N–H and O–H groups in total. The smallest absolute Gasteiger partial charge is 0.340 e. The maximum Gasteiger partial charge on any atom is 0.340 e. The fourth-order valence-electron chi connectivity index (χ4n) is 4.66. The highest BCUT2D eigenvalue weighted by Gasteiger charge is 2.33. The third-order valence-corrected chi connectivity index (χ3v) is 7.98. The molecule has 7 nitrogen and oxygen atoms in total. The van der Waals surface area contributed by atoms with E-state index in [-0.39, 0.29) is 18.1 Å². The van der Waals surface area contributed by atoms with Gasteiger partial charge >= 0.3 is 5.97 Å². The number of fused-ring (bicyclic) bond motifs is 1. The lowest BCUT2D eigenvalue weighted by Gasteiger charge is -2.10. The average molecular weight is 636 g/mol. The molecule has 0 unspecified atom stereocenters. The van der Waals surface area contributed by atoms with Crippen LogP contribution in [0.5, 0.6) is 5.75 Å². The Kier molecular flexibility index (Phi) is 8.11. The summed E-state index contributed by atoms with van der Waals surface area (Å²) in [7, 11) is 1.32. The number of ether oxygens (including phenoxy) is 2. The lowest BCUT2D eigenvalue weighted by atomic mass is 10.0. The standard InChI is InChI=1S/C33H25Cl3N2O5/c1-17(2)32-37-29-22(33(39)40-3)13-18(14-27(29)42-32)7-8-19-11-12-21(15-26(19)36)41-16-23-30(38-43-31(23)20-9-10-20)28-24(34)5-4-6-25(28)35/h4-6,11-15,17,20H,9-10,16H2,1-3H3. The number of nitrogens with zero attached hydrogens (tertiary/aromatic N) is 2. The largest absolute Gasteiger partial charge is 0.489 e. The highest BCUT2D eigenvalue weighted by molar-refractivity contribution is 6.39. The molecule has 2 heterocycles. The van der Waals surface area contributed by atoms with Gasteiger partial charge in [0, 0.05) is 34.6 Å². The quantitative estimate of drug-likeness (QED) is 0.130. The summed E-state index contributed by atoms with van der Waals surface area (Å²) in [5.41, 5.74) is 4.32. The van der Waals surface area contributed by atoms with Crippen molar-refractivity contribution < 1.29 is 23.2 Å². The van der Waals surface area contributed by atoms with Crippen molar-refractivity contribution >= 4 is 51.9 Å². The summed E-state index contributed by atoms with van der Waals surface area (Å²) in [6.07, 6.45) is 2.06. The van der Waals surface area contributed by atoms with Crippen molar-refractivity contribution in [3.8, 4) is 28.8 Å². The van der Waals surface area contributed by atoms with E-state index in [1.165, 1.54) is 7.11 Å². The third kappa shape index (κ3) is 5.96. The summed E-state index contributed by atoms with van der Waals surface area (Å²) in [5.74, 6) is 7.85. The minimum absolute atomic E-state index is 0.0533. The second-order valence-electron chi connectivity index (χ2n) is 10.5. The topological polar surface area (TPSA) is 87.6 Å². The molecule has 218 valence electrons. The Labute approximate surface area is 263 Å². The molecule has 1 fully saturated rings. The maximum atomic E-state index is 12.5. The molecular weight excluding hydrogens is 611 g/mol. The van der Waals surface area contributed by atoms with E-state index in [0.29, 0.717) is 66.1 Å². The van der Waals surface area contributed by atoms with Crippen LogP contribution in [0.25, 0.3) is 22.4 Å². The van der Waals surface area contributed by atoms with Crippen molar-refractivity contribution in [3.05, 3.63) is 97.5 Å². The number of oxazole rings is 1. The van der Waals surface area contributed by atoms with Crippen LogP contribution >= 0.6 is 34.8 Å². The van der Waals surface area contributed by atoms with Gasteiger partial charge in [-0.1, -0.05) is 71.7 Å². The average Bonchev–Trinajstić information content (AvgIpc) is 3.60. The lowest BCUT2D eigenvalue weighted by molar-refractivity contribution is 0.0602. The summed E-state index contributed by atoms with van der Waals surface area (Å²) >= 11 is 19.6. The Morgan fingerprint density at radius 1 is 1.05 bits per heavy atom. The minimum atomic E-state index is -0.519. The molecule has 0 atom stereocenters. The van der Waals surface area contributed by atoms with Crippen LogP contribution < -0.4 is 4.74 Å². The fourth-order valence-corrected chi connectivity index (χ4v) is 5.46. The van der Waals surface area contributed by atoms with Crippen LogP contribution in [-0.2, 0) is 11.3 Å². The monoisotopic (exact) mass is 634 g/mol. The van der Waals surface area contributed by atoms with Crippen LogP contribution in [0.15, 0.2) is 57.5 Å². The third-order valence-electron chi connectivity index (χ3n) is 7.04. The van der Waals surface area contributed by atoms with Gasteiger partial charge in [-0.3, -0.25) is 0 Å². The molecule has 10 heteroatoms. The van der Waals surface area contributed by atoms with Gasteiger partial charge in [0.15, 0.2) is 11.5 Å². The Hall–Kier alpha value is -3.96. The fraction of sp³-hybridized carbons (Fsp3) is 0.242. The molecule has 0 aliphatic heterocycles. The second kappa shape index (κ2) is 12.0. The molecule has 6 rings (SSSR count). The Balaban J connectivity index is 1.25. The molecule has 2 aromatic heterocycles. The molecule has 1 saturated carbocycles. The van der Waals surface area contributed by atoms with Crippen LogP contribution in [0.1, 0.15) is 77.2 Å². The predicted octanol–water partition coefficient (Wildman–Crippen LogP) is 9.21. The van der Waals surface area contributed by atoms with Gasteiger partial charge in [0.05, 0.1) is 33.3 Å². The number of hydrogen-bond acceptors (Lipinski definition) is 7. The molecule has 0 saturated heterocycles. The zero-order chi connectivity index (χ0) is 30.2. The first kappa shape index (κ1) is 29.1. The van der Waals surface area contributed by atoms with Crippen LogP contribution in [0.3, 0.4) is 0 Å². The van der Waals surface area contributed by atoms with Crippen molar-refractivity contribution in [2.24, 2.45) is 0 Å². The first-order valence-corrected chi connectivity index (χ1v) is 14.8. The van der Waals surface area contributed by atoms with Crippen molar-refractivity contribution in [3.63, 3.8) is 0 Å². The number of esters is 1. The first-order chi connectivity index (χ1) is 20.7. The van der Waals surface area contributed by atoms with Gasteiger partial charge in [0.2, 0.25) is 0 Å². The molecule has 5 aromatic rings. The number of halogens is 3. The van der Waals surface area contributed by atoms with Crippen molar-refractivity contribution in [2.75, 3.05) is 7.11 Å². The molecule has 0 bridgehead atoms. The summed E-state index contributed by atoms with van der Waals surface area (Å²) < 4.78 is 22.7. The number of hydrogen-bond donors (Lipinski definition) is 0. The highest BCUT2D eigenvalue weighted by atomic mass is 35.5. The first-order valence-electron chi connectivity index (χ1n) is 13.6. The van der Waals surface area contributed by atoms with Gasteiger partial charge in [-0.15, -0.1) is 0 Å².